The van der Waals surface area contributed by atoms with Gasteiger partial charge in [0.1, 0.15) is 0 Å². The number of thiophene rings is 1. The molecule has 0 spiro atoms. The van der Waals surface area contributed by atoms with Gasteiger partial charge in [-0.1, -0.05) is 6.92 Å². The summed E-state index contributed by atoms with van der Waals surface area (Å²) in [6.45, 7) is 4.12. The highest BCUT2D eigenvalue weighted by Gasteiger charge is 2.39. The first-order chi connectivity index (χ1) is 8.05. The van der Waals surface area contributed by atoms with Gasteiger partial charge >= 0.3 is 0 Å². The maximum atomic E-state index is 6.04. The molecule has 2 unspecified atom stereocenters. The minimum Gasteiger partial charge on any atom is -0.329 e. The summed E-state index contributed by atoms with van der Waals surface area (Å²) in [5, 5.41) is 2.23. The summed E-state index contributed by atoms with van der Waals surface area (Å²) >= 11 is 5.28. The summed E-state index contributed by atoms with van der Waals surface area (Å²) in [5.41, 5.74) is 7.66. The van der Waals surface area contributed by atoms with E-state index in [9.17, 15) is 0 Å². The Balaban J connectivity index is 2.05. The van der Waals surface area contributed by atoms with Crippen molar-refractivity contribution in [2.45, 2.75) is 38.3 Å². The molecule has 2 atom stereocenters. The monoisotopic (exact) mass is 316 g/mol. The van der Waals surface area contributed by atoms with Crippen LogP contribution in [0.15, 0.2) is 15.2 Å². The van der Waals surface area contributed by atoms with Gasteiger partial charge in [-0.25, -0.2) is 0 Å². The molecule has 1 heterocycles. The minimum atomic E-state index is 0.230. The zero-order valence-electron chi connectivity index (χ0n) is 10.6. The highest BCUT2D eigenvalue weighted by molar-refractivity contribution is 9.11. The largest absolute Gasteiger partial charge is 0.329 e. The Bertz CT molecular complexity index is 379. The Morgan fingerprint density at radius 3 is 2.88 bits per heavy atom. The van der Waals surface area contributed by atoms with Gasteiger partial charge in [-0.05, 0) is 65.2 Å². The average Bonchev–Trinajstić information content (AvgIpc) is 2.86. The van der Waals surface area contributed by atoms with Crippen molar-refractivity contribution in [2.75, 3.05) is 13.6 Å². The number of nitrogens with zero attached hydrogens (tertiary/aromatic N) is 1. The maximum absolute atomic E-state index is 6.04. The van der Waals surface area contributed by atoms with Crippen molar-refractivity contribution >= 4 is 27.3 Å². The van der Waals surface area contributed by atoms with E-state index in [2.05, 4.69) is 46.2 Å². The Morgan fingerprint density at radius 2 is 2.41 bits per heavy atom. The third-order valence-electron chi connectivity index (χ3n) is 4.06. The number of halogens is 1. The minimum absolute atomic E-state index is 0.230. The molecule has 1 fully saturated rings. The molecule has 0 aromatic carbocycles. The Labute approximate surface area is 116 Å². The predicted octanol–water partition coefficient (Wildman–Crippen LogP) is 3.46. The molecule has 1 aliphatic rings. The summed E-state index contributed by atoms with van der Waals surface area (Å²) in [5.74, 6) is 0.815. The van der Waals surface area contributed by atoms with Crippen LogP contribution < -0.4 is 5.73 Å². The molecule has 2 N–H and O–H groups in total. The summed E-state index contributed by atoms with van der Waals surface area (Å²) in [6.07, 6.45) is 3.80. The summed E-state index contributed by atoms with van der Waals surface area (Å²) < 4.78 is 1.21. The smallest absolute Gasteiger partial charge is 0.0701 e. The SMILES string of the molecule is CC1CCC(CN)(N(C)Cc2csc(Br)c2)C1. The normalized spacial score (nSPS) is 29.1. The van der Waals surface area contributed by atoms with E-state index in [1.807, 2.05) is 0 Å². The molecule has 4 heteroatoms. The van der Waals surface area contributed by atoms with Gasteiger partial charge in [0, 0.05) is 18.6 Å². The third kappa shape index (κ3) is 2.92. The molecule has 1 saturated carbocycles. The number of hydrogen-bond donors (Lipinski definition) is 1. The van der Waals surface area contributed by atoms with Crippen LogP contribution in [0.1, 0.15) is 31.7 Å². The fourth-order valence-corrected chi connectivity index (χ4v) is 4.13. The molecule has 2 rings (SSSR count). The third-order valence-corrected chi connectivity index (χ3v) is 5.62. The molecule has 1 aromatic rings. The highest BCUT2D eigenvalue weighted by Crippen LogP contribution is 2.38. The average molecular weight is 317 g/mol. The van der Waals surface area contributed by atoms with E-state index in [4.69, 9.17) is 5.73 Å². The van der Waals surface area contributed by atoms with Crippen molar-refractivity contribution in [1.29, 1.82) is 0 Å². The summed E-state index contributed by atoms with van der Waals surface area (Å²) in [7, 11) is 2.22. The zero-order chi connectivity index (χ0) is 12.5. The number of nitrogens with two attached hydrogens (primary N) is 1. The van der Waals surface area contributed by atoms with Crippen LogP contribution in [0.25, 0.3) is 0 Å². The quantitative estimate of drug-likeness (QED) is 0.921. The van der Waals surface area contributed by atoms with E-state index < -0.39 is 0 Å². The van der Waals surface area contributed by atoms with E-state index in [-0.39, 0.29) is 5.54 Å². The topological polar surface area (TPSA) is 29.3 Å². The Morgan fingerprint density at radius 1 is 1.65 bits per heavy atom. The van der Waals surface area contributed by atoms with Crippen LogP contribution in [0.4, 0.5) is 0 Å². The van der Waals surface area contributed by atoms with Gasteiger partial charge in [-0.15, -0.1) is 11.3 Å². The van der Waals surface area contributed by atoms with Crippen molar-refractivity contribution in [3.63, 3.8) is 0 Å². The lowest BCUT2D eigenvalue weighted by atomic mass is 9.94. The van der Waals surface area contributed by atoms with Crippen molar-refractivity contribution in [3.05, 3.63) is 20.8 Å². The molecule has 0 aliphatic heterocycles. The molecule has 96 valence electrons. The molecule has 0 amide bonds. The van der Waals surface area contributed by atoms with Crippen LogP contribution in [0, 0.1) is 5.92 Å². The van der Waals surface area contributed by atoms with Gasteiger partial charge in [-0.3, -0.25) is 4.90 Å². The van der Waals surface area contributed by atoms with Crippen LogP contribution in [0.5, 0.6) is 0 Å². The molecule has 17 heavy (non-hydrogen) atoms. The van der Waals surface area contributed by atoms with Crippen LogP contribution in [0.2, 0.25) is 0 Å². The molecular weight excluding hydrogens is 296 g/mol. The van der Waals surface area contributed by atoms with Gasteiger partial charge in [-0.2, -0.15) is 0 Å². The lowest BCUT2D eigenvalue weighted by Gasteiger charge is -2.38. The van der Waals surface area contributed by atoms with Gasteiger partial charge in [0.15, 0.2) is 0 Å². The van der Waals surface area contributed by atoms with Gasteiger partial charge in [0.05, 0.1) is 3.79 Å². The van der Waals surface area contributed by atoms with Crippen LogP contribution in [-0.2, 0) is 6.54 Å². The molecule has 0 radical (unpaired) electrons. The standard InChI is InChI=1S/C13H21BrN2S/c1-10-3-4-13(6-10,9-15)16(2)7-11-5-12(14)17-8-11/h5,8,10H,3-4,6-7,9,15H2,1-2H3. The predicted molar refractivity (Wildman–Crippen MR) is 78.3 cm³/mol. The maximum Gasteiger partial charge on any atom is 0.0701 e. The molecule has 2 nitrogen and oxygen atoms in total. The zero-order valence-corrected chi connectivity index (χ0v) is 13.0. The second-order valence-electron chi connectivity index (χ2n) is 5.39. The molecule has 0 bridgehead atoms. The van der Waals surface area contributed by atoms with E-state index in [0.717, 1.165) is 19.0 Å². The molecule has 0 saturated heterocycles. The number of hydrogen-bond acceptors (Lipinski definition) is 3. The van der Waals surface area contributed by atoms with Gasteiger partial charge in [0.25, 0.3) is 0 Å². The summed E-state index contributed by atoms with van der Waals surface area (Å²) in [4.78, 5) is 2.46. The van der Waals surface area contributed by atoms with Crippen molar-refractivity contribution in [3.8, 4) is 0 Å². The van der Waals surface area contributed by atoms with Crippen molar-refractivity contribution in [1.82, 2.24) is 4.90 Å². The highest BCUT2D eigenvalue weighted by atomic mass is 79.9. The van der Waals surface area contributed by atoms with Crippen molar-refractivity contribution < 1.29 is 0 Å². The lowest BCUT2D eigenvalue weighted by Crippen LogP contribution is -2.49. The first-order valence-corrected chi connectivity index (χ1v) is 7.87. The van der Waals surface area contributed by atoms with Crippen LogP contribution in [0.3, 0.4) is 0 Å². The van der Waals surface area contributed by atoms with Gasteiger partial charge < -0.3 is 5.73 Å². The second kappa shape index (κ2) is 5.39. The van der Waals surface area contributed by atoms with Gasteiger partial charge in [0.2, 0.25) is 0 Å². The Hall–Kier alpha value is 0.100. The van der Waals surface area contributed by atoms with E-state index >= 15 is 0 Å². The second-order valence-corrected chi connectivity index (χ2v) is 7.68. The van der Waals surface area contributed by atoms with Crippen molar-refractivity contribution in [2.24, 2.45) is 11.7 Å². The number of likely N-dealkylation sites (N-methyl/N-ethyl adjacent to an activating group) is 1. The van der Waals surface area contributed by atoms with E-state index in [1.165, 1.54) is 28.6 Å². The Kier molecular flexibility index (Phi) is 4.29. The fraction of sp³-hybridized carbons (Fsp3) is 0.692. The molecular formula is C13H21BrN2S. The molecule has 1 aliphatic carbocycles. The first kappa shape index (κ1) is 13.5. The van der Waals surface area contributed by atoms with Crippen LogP contribution >= 0.6 is 27.3 Å². The lowest BCUT2D eigenvalue weighted by molar-refractivity contribution is 0.120. The van der Waals surface area contributed by atoms with Crippen LogP contribution in [-0.4, -0.2) is 24.0 Å². The van der Waals surface area contributed by atoms with E-state index in [0.29, 0.717) is 0 Å². The summed E-state index contributed by atoms with van der Waals surface area (Å²) in [6, 6.07) is 2.21. The van der Waals surface area contributed by atoms with E-state index in [1.54, 1.807) is 11.3 Å². The molecule has 1 aromatic heterocycles. The first-order valence-electron chi connectivity index (χ1n) is 6.20. The number of rotatable bonds is 4. The fourth-order valence-electron chi connectivity index (χ4n) is 2.93.